The number of halogens is 1. The number of hydrogen-bond donors (Lipinski definition) is 0. The summed E-state index contributed by atoms with van der Waals surface area (Å²) in [5.74, 6) is 0.894. The topological polar surface area (TPSA) is 36.3 Å². The average Bonchev–Trinajstić information content (AvgIpc) is 2.80. The first-order valence-corrected chi connectivity index (χ1v) is 7.39. The minimum atomic E-state index is -0.133. The van der Waals surface area contributed by atoms with Gasteiger partial charge in [-0.3, -0.25) is 0 Å². The number of hydrogen-bond acceptors (Lipinski definition) is 3. The predicted octanol–water partition coefficient (Wildman–Crippen LogP) is 3.06. The van der Waals surface area contributed by atoms with Gasteiger partial charge < -0.3 is 14.0 Å². The Morgan fingerprint density at radius 1 is 1.45 bits per heavy atom. The minimum absolute atomic E-state index is 0.0647. The van der Waals surface area contributed by atoms with E-state index in [-0.39, 0.29) is 11.5 Å². The Bertz CT molecular complexity index is 603. The molecule has 4 nitrogen and oxygen atoms in total. The molecular weight excluding hydrogens is 276 g/mol. The second kappa shape index (κ2) is 5.72. The molecule has 0 N–H and O–H groups in total. The zero-order valence-corrected chi connectivity index (χ0v) is 12.6. The van der Waals surface area contributed by atoms with Gasteiger partial charge in [0, 0.05) is 0 Å². The summed E-state index contributed by atoms with van der Waals surface area (Å²) in [6.07, 6.45) is 0.0647. The van der Waals surface area contributed by atoms with Crippen LogP contribution in [0.1, 0.15) is 23.7 Å². The van der Waals surface area contributed by atoms with Crippen molar-refractivity contribution in [3.8, 4) is 0 Å². The average molecular weight is 295 g/mol. The van der Waals surface area contributed by atoms with Crippen LogP contribution in [-0.2, 0) is 16.0 Å². The number of nitrogens with zero attached hydrogens (tertiary/aromatic N) is 2. The second-order valence-electron chi connectivity index (χ2n) is 5.21. The normalized spacial score (nSPS) is 21.2. The minimum Gasteiger partial charge on any atom is -0.376 e. The third kappa shape index (κ3) is 2.55. The van der Waals surface area contributed by atoms with Crippen molar-refractivity contribution in [1.29, 1.82) is 0 Å². The highest BCUT2D eigenvalue weighted by molar-refractivity contribution is 6.20. The van der Waals surface area contributed by atoms with Crippen molar-refractivity contribution in [2.45, 2.75) is 31.9 Å². The molecule has 2 unspecified atom stereocenters. The summed E-state index contributed by atoms with van der Waals surface area (Å²) in [6.45, 7) is 6.74. The molecule has 1 aliphatic heterocycles. The van der Waals surface area contributed by atoms with Gasteiger partial charge in [0.25, 0.3) is 0 Å². The Kier molecular flexibility index (Phi) is 3.96. The first kappa shape index (κ1) is 13.9. The summed E-state index contributed by atoms with van der Waals surface area (Å²) < 4.78 is 13.4. The first-order chi connectivity index (χ1) is 9.66. The first-order valence-electron chi connectivity index (χ1n) is 6.96. The fraction of sp³-hybridized carbons (Fsp3) is 0.533. The fourth-order valence-electron chi connectivity index (χ4n) is 2.72. The Hall–Kier alpha value is -1.10. The van der Waals surface area contributed by atoms with Gasteiger partial charge >= 0.3 is 0 Å². The molecule has 2 atom stereocenters. The van der Waals surface area contributed by atoms with Gasteiger partial charge in [0.1, 0.15) is 5.82 Å². The second-order valence-corrected chi connectivity index (χ2v) is 5.86. The summed E-state index contributed by atoms with van der Waals surface area (Å²) in [5.41, 5.74) is 3.34. The molecule has 0 spiro atoms. The molecule has 0 saturated carbocycles. The number of imidazole rings is 1. The Balaban J connectivity index is 2.03. The van der Waals surface area contributed by atoms with E-state index in [4.69, 9.17) is 21.1 Å². The lowest BCUT2D eigenvalue weighted by Gasteiger charge is -2.24. The smallest absolute Gasteiger partial charge is 0.127 e. The van der Waals surface area contributed by atoms with Crippen molar-refractivity contribution < 1.29 is 9.47 Å². The van der Waals surface area contributed by atoms with Gasteiger partial charge in [-0.15, -0.1) is 11.6 Å². The maximum atomic E-state index is 6.29. The molecule has 0 aliphatic carbocycles. The number of para-hydroxylation sites is 1. The van der Waals surface area contributed by atoms with E-state index in [1.54, 1.807) is 0 Å². The predicted molar refractivity (Wildman–Crippen MR) is 79.3 cm³/mol. The lowest BCUT2D eigenvalue weighted by Crippen LogP contribution is -2.32. The van der Waals surface area contributed by atoms with E-state index in [1.807, 2.05) is 19.1 Å². The molecule has 0 bridgehead atoms. The van der Waals surface area contributed by atoms with Crippen LogP contribution in [0, 0.1) is 6.92 Å². The summed E-state index contributed by atoms with van der Waals surface area (Å²) in [6, 6.07) is 6.15. The van der Waals surface area contributed by atoms with Crippen molar-refractivity contribution in [2.75, 3.05) is 19.8 Å². The van der Waals surface area contributed by atoms with Crippen molar-refractivity contribution in [3.05, 3.63) is 29.6 Å². The Morgan fingerprint density at radius 3 is 3.00 bits per heavy atom. The molecule has 0 amide bonds. The molecule has 1 aromatic carbocycles. The van der Waals surface area contributed by atoms with Crippen LogP contribution >= 0.6 is 11.6 Å². The molecule has 0 radical (unpaired) electrons. The SMILES string of the molecule is Cc1cccc2nc(C(C)Cl)n(CC3COCCO3)c12. The molecule has 1 aliphatic rings. The molecule has 20 heavy (non-hydrogen) atoms. The molecule has 3 rings (SSSR count). The maximum Gasteiger partial charge on any atom is 0.127 e. The van der Waals surface area contributed by atoms with Gasteiger partial charge in [-0.1, -0.05) is 12.1 Å². The van der Waals surface area contributed by atoms with E-state index in [9.17, 15) is 0 Å². The number of rotatable bonds is 3. The molecule has 1 aromatic heterocycles. The van der Waals surface area contributed by atoms with Gasteiger partial charge in [0.2, 0.25) is 0 Å². The van der Waals surface area contributed by atoms with Crippen LogP contribution in [0.4, 0.5) is 0 Å². The Labute approximate surface area is 123 Å². The van der Waals surface area contributed by atoms with Crippen LogP contribution < -0.4 is 0 Å². The van der Waals surface area contributed by atoms with Gasteiger partial charge in [0.15, 0.2) is 0 Å². The summed E-state index contributed by atoms with van der Waals surface area (Å²) in [5, 5.41) is -0.133. The zero-order valence-electron chi connectivity index (χ0n) is 11.8. The number of aromatic nitrogens is 2. The Morgan fingerprint density at radius 2 is 2.30 bits per heavy atom. The van der Waals surface area contributed by atoms with Crippen molar-refractivity contribution in [2.24, 2.45) is 0 Å². The molecule has 108 valence electrons. The highest BCUT2D eigenvalue weighted by Crippen LogP contribution is 2.27. The summed E-state index contributed by atoms with van der Waals surface area (Å²) in [7, 11) is 0. The van der Waals surface area contributed by atoms with Gasteiger partial charge in [0.05, 0.1) is 48.9 Å². The highest BCUT2D eigenvalue weighted by Gasteiger charge is 2.21. The molecular formula is C15H19ClN2O2. The molecule has 5 heteroatoms. The number of alkyl halides is 1. The van der Waals surface area contributed by atoms with E-state index in [1.165, 1.54) is 5.56 Å². The molecule has 2 heterocycles. The zero-order chi connectivity index (χ0) is 14.1. The lowest BCUT2D eigenvalue weighted by atomic mass is 10.2. The maximum absolute atomic E-state index is 6.29. The van der Waals surface area contributed by atoms with Gasteiger partial charge in [-0.2, -0.15) is 0 Å². The summed E-state index contributed by atoms with van der Waals surface area (Å²) >= 11 is 6.29. The van der Waals surface area contributed by atoms with Crippen LogP contribution in [0.5, 0.6) is 0 Å². The van der Waals surface area contributed by atoms with E-state index < -0.39 is 0 Å². The summed E-state index contributed by atoms with van der Waals surface area (Å²) in [4.78, 5) is 4.67. The standard InChI is InChI=1S/C15H19ClN2O2/c1-10-4-3-5-13-14(10)18(15(17-13)11(2)16)8-12-9-19-6-7-20-12/h3-5,11-12H,6-9H2,1-2H3. The molecule has 2 aromatic rings. The van der Waals surface area contributed by atoms with Crippen molar-refractivity contribution in [3.63, 3.8) is 0 Å². The van der Waals surface area contributed by atoms with Crippen LogP contribution in [0.15, 0.2) is 18.2 Å². The lowest BCUT2D eigenvalue weighted by molar-refractivity contribution is -0.0934. The monoisotopic (exact) mass is 294 g/mol. The van der Waals surface area contributed by atoms with Crippen LogP contribution in [0.2, 0.25) is 0 Å². The molecule has 1 fully saturated rings. The van der Waals surface area contributed by atoms with E-state index in [0.717, 1.165) is 23.4 Å². The molecule has 1 saturated heterocycles. The number of fused-ring (bicyclic) bond motifs is 1. The van der Waals surface area contributed by atoms with Gasteiger partial charge in [-0.05, 0) is 25.5 Å². The number of aryl methyl sites for hydroxylation is 1. The third-order valence-electron chi connectivity index (χ3n) is 3.62. The van der Waals surface area contributed by atoms with E-state index in [2.05, 4.69) is 22.5 Å². The highest BCUT2D eigenvalue weighted by atomic mass is 35.5. The number of benzene rings is 1. The van der Waals surface area contributed by atoms with Crippen LogP contribution in [0.25, 0.3) is 11.0 Å². The largest absolute Gasteiger partial charge is 0.376 e. The van der Waals surface area contributed by atoms with E-state index in [0.29, 0.717) is 19.8 Å². The third-order valence-corrected chi connectivity index (χ3v) is 3.82. The van der Waals surface area contributed by atoms with Crippen molar-refractivity contribution >= 4 is 22.6 Å². The number of ether oxygens (including phenoxy) is 2. The van der Waals surface area contributed by atoms with Crippen LogP contribution in [0.3, 0.4) is 0 Å². The fourth-order valence-corrected chi connectivity index (χ4v) is 2.88. The van der Waals surface area contributed by atoms with Gasteiger partial charge in [-0.25, -0.2) is 4.98 Å². The quantitative estimate of drug-likeness (QED) is 0.816. The van der Waals surface area contributed by atoms with Crippen molar-refractivity contribution in [1.82, 2.24) is 9.55 Å². The van der Waals surface area contributed by atoms with Crippen LogP contribution in [-0.4, -0.2) is 35.5 Å². The van der Waals surface area contributed by atoms with E-state index >= 15 is 0 Å².